The Hall–Kier alpha value is -3.08. The molecule has 0 fully saturated rings. The Morgan fingerprint density at radius 1 is 1.36 bits per heavy atom. The van der Waals surface area contributed by atoms with Gasteiger partial charge in [-0.2, -0.15) is 13.2 Å². The van der Waals surface area contributed by atoms with Crippen LogP contribution in [0.25, 0.3) is 10.9 Å². The van der Waals surface area contributed by atoms with Crippen molar-refractivity contribution in [1.29, 1.82) is 0 Å². The lowest BCUT2D eigenvalue weighted by Gasteiger charge is -2.09. The third-order valence-electron chi connectivity index (χ3n) is 3.62. The lowest BCUT2D eigenvalue weighted by molar-refractivity contribution is -0.137. The van der Waals surface area contributed by atoms with Gasteiger partial charge in [0.15, 0.2) is 10.6 Å². The monoisotopic (exact) mass is 414 g/mol. The maximum absolute atomic E-state index is 12.6. The standard InChI is InChI=1S/C17H13F3N2O5S/c1-2-26-15(25)12-13(23)10-4-3-9(5-11(10)22-14(12)24)27-6-8-7-28-16(21-8)17(18,19)20/h3-5,7H,2,6H2,1H3,(H2,22,23,24). The van der Waals surface area contributed by atoms with Gasteiger partial charge in [-0.1, -0.05) is 0 Å². The minimum atomic E-state index is -4.51. The fraction of sp³-hybridized carbons (Fsp3) is 0.235. The molecule has 28 heavy (non-hydrogen) atoms. The van der Waals surface area contributed by atoms with Gasteiger partial charge in [-0.15, -0.1) is 11.3 Å². The Kier molecular flexibility index (Phi) is 5.27. The van der Waals surface area contributed by atoms with E-state index in [1.54, 1.807) is 6.92 Å². The number of pyridine rings is 1. The number of H-pyrrole nitrogens is 1. The topological polar surface area (TPSA) is 102 Å². The van der Waals surface area contributed by atoms with Gasteiger partial charge in [0.05, 0.1) is 17.8 Å². The number of aromatic hydroxyl groups is 1. The molecule has 0 atom stereocenters. The molecule has 0 aliphatic carbocycles. The largest absolute Gasteiger partial charge is 0.506 e. The van der Waals surface area contributed by atoms with Gasteiger partial charge in [-0.05, 0) is 19.1 Å². The van der Waals surface area contributed by atoms with Gasteiger partial charge in [-0.3, -0.25) is 4.79 Å². The van der Waals surface area contributed by atoms with Gasteiger partial charge in [0.25, 0.3) is 5.56 Å². The van der Waals surface area contributed by atoms with Crippen LogP contribution in [0.15, 0.2) is 28.4 Å². The van der Waals surface area contributed by atoms with Gasteiger partial charge in [0.1, 0.15) is 18.1 Å². The van der Waals surface area contributed by atoms with Gasteiger partial charge in [-0.25, -0.2) is 9.78 Å². The summed E-state index contributed by atoms with van der Waals surface area (Å²) in [6.45, 7) is 1.39. The van der Waals surface area contributed by atoms with Crippen molar-refractivity contribution in [2.24, 2.45) is 0 Å². The normalized spacial score (nSPS) is 11.6. The van der Waals surface area contributed by atoms with E-state index in [1.807, 2.05) is 0 Å². The highest BCUT2D eigenvalue weighted by Crippen LogP contribution is 2.32. The molecule has 1 aromatic carbocycles. The number of carbonyl (C=O) groups is 1. The maximum Gasteiger partial charge on any atom is 0.443 e. The number of thiazole rings is 1. The molecule has 0 bridgehead atoms. The van der Waals surface area contributed by atoms with Gasteiger partial charge >= 0.3 is 12.1 Å². The number of halogens is 3. The summed E-state index contributed by atoms with van der Waals surface area (Å²) in [5.41, 5.74) is -1.06. The summed E-state index contributed by atoms with van der Waals surface area (Å²) in [6.07, 6.45) is -4.51. The van der Waals surface area contributed by atoms with Crippen molar-refractivity contribution in [2.75, 3.05) is 6.61 Å². The Morgan fingerprint density at radius 2 is 2.11 bits per heavy atom. The zero-order valence-corrected chi connectivity index (χ0v) is 15.1. The van der Waals surface area contributed by atoms with Crippen LogP contribution in [0.2, 0.25) is 0 Å². The van der Waals surface area contributed by atoms with E-state index in [1.165, 1.54) is 23.6 Å². The number of ether oxygens (including phenoxy) is 2. The molecule has 2 aromatic heterocycles. The number of aromatic amines is 1. The SMILES string of the molecule is CCOC(=O)c1c(O)c2ccc(OCc3csc(C(F)(F)F)n3)cc2[nH]c1=O. The average molecular weight is 414 g/mol. The van der Waals surface area contributed by atoms with E-state index in [4.69, 9.17) is 9.47 Å². The smallest absolute Gasteiger partial charge is 0.443 e. The molecule has 0 amide bonds. The average Bonchev–Trinajstić information content (AvgIpc) is 3.09. The van der Waals surface area contributed by atoms with Crippen LogP contribution in [-0.4, -0.2) is 27.7 Å². The van der Waals surface area contributed by atoms with Crippen molar-refractivity contribution in [1.82, 2.24) is 9.97 Å². The van der Waals surface area contributed by atoms with Crippen molar-refractivity contribution in [2.45, 2.75) is 19.7 Å². The zero-order valence-electron chi connectivity index (χ0n) is 14.3. The molecule has 2 heterocycles. The summed E-state index contributed by atoms with van der Waals surface area (Å²) >= 11 is 0.466. The van der Waals surface area contributed by atoms with Crippen molar-refractivity contribution in [3.8, 4) is 11.5 Å². The van der Waals surface area contributed by atoms with E-state index in [9.17, 15) is 27.9 Å². The van der Waals surface area contributed by atoms with Crippen LogP contribution in [-0.2, 0) is 17.5 Å². The molecule has 0 unspecified atom stereocenters. The number of hydrogen-bond donors (Lipinski definition) is 2. The maximum atomic E-state index is 12.6. The second-order valence-corrected chi connectivity index (χ2v) is 6.39. The van der Waals surface area contributed by atoms with Crippen LogP contribution >= 0.6 is 11.3 Å². The highest BCUT2D eigenvalue weighted by Gasteiger charge is 2.34. The van der Waals surface area contributed by atoms with Gasteiger partial charge < -0.3 is 19.6 Å². The number of nitrogens with one attached hydrogen (secondary N) is 1. The third kappa shape index (κ3) is 3.93. The van der Waals surface area contributed by atoms with Gasteiger partial charge in [0, 0.05) is 16.8 Å². The molecule has 3 rings (SSSR count). The number of aromatic nitrogens is 2. The Balaban J connectivity index is 1.85. The number of fused-ring (bicyclic) bond motifs is 1. The number of esters is 1. The molecule has 0 aliphatic rings. The number of benzene rings is 1. The fourth-order valence-corrected chi connectivity index (χ4v) is 3.08. The Labute approximate surface area is 159 Å². The third-order valence-corrected chi connectivity index (χ3v) is 4.55. The molecule has 0 spiro atoms. The minimum absolute atomic E-state index is 0.0369. The van der Waals surface area contributed by atoms with Crippen LogP contribution in [0.5, 0.6) is 11.5 Å². The summed E-state index contributed by atoms with van der Waals surface area (Å²) in [6, 6.07) is 4.22. The fourth-order valence-electron chi connectivity index (χ4n) is 2.40. The highest BCUT2D eigenvalue weighted by molar-refractivity contribution is 7.09. The van der Waals surface area contributed by atoms with Crippen LogP contribution in [0.1, 0.15) is 28.0 Å². The molecule has 2 N–H and O–H groups in total. The molecule has 0 aliphatic heterocycles. The number of alkyl halides is 3. The van der Waals surface area contributed by atoms with Crippen LogP contribution in [0.4, 0.5) is 13.2 Å². The van der Waals surface area contributed by atoms with Crippen molar-refractivity contribution >= 4 is 28.2 Å². The van der Waals surface area contributed by atoms with Gasteiger partial charge in [0.2, 0.25) is 0 Å². The van der Waals surface area contributed by atoms with Crippen LogP contribution < -0.4 is 10.3 Å². The number of hydrogen-bond acceptors (Lipinski definition) is 7. The summed E-state index contributed by atoms with van der Waals surface area (Å²) in [7, 11) is 0. The van der Waals surface area contributed by atoms with Crippen molar-refractivity contribution in [3.05, 3.63) is 50.2 Å². The summed E-state index contributed by atoms with van der Waals surface area (Å²) in [5.74, 6) is -1.25. The van der Waals surface area contributed by atoms with E-state index in [-0.39, 0.29) is 35.6 Å². The van der Waals surface area contributed by atoms with Crippen molar-refractivity contribution < 1.29 is 32.5 Å². The zero-order chi connectivity index (χ0) is 20.5. The van der Waals surface area contributed by atoms with E-state index >= 15 is 0 Å². The summed E-state index contributed by atoms with van der Waals surface area (Å²) < 4.78 is 47.9. The second-order valence-electron chi connectivity index (χ2n) is 5.54. The number of nitrogens with zero attached hydrogens (tertiary/aromatic N) is 1. The van der Waals surface area contributed by atoms with E-state index in [2.05, 4.69) is 9.97 Å². The molecule has 0 saturated carbocycles. The molecular weight excluding hydrogens is 401 g/mol. The molecule has 3 aromatic rings. The summed E-state index contributed by atoms with van der Waals surface area (Å²) in [4.78, 5) is 29.8. The molecule has 148 valence electrons. The first-order valence-electron chi connectivity index (χ1n) is 7.91. The number of carbonyl (C=O) groups excluding carboxylic acids is 1. The highest BCUT2D eigenvalue weighted by atomic mass is 32.1. The first kappa shape index (κ1) is 19.7. The molecule has 0 radical (unpaired) electrons. The number of rotatable bonds is 5. The van der Waals surface area contributed by atoms with Crippen LogP contribution in [0.3, 0.4) is 0 Å². The predicted molar refractivity (Wildman–Crippen MR) is 93.6 cm³/mol. The lowest BCUT2D eigenvalue weighted by atomic mass is 10.1. The molecule has 7 nitrogen and oxygen atoms in total. The first-order valence-corrected chi connectivity index (χ1v) is 8.79. The molecular formula is C17H13F3N2O5S. The van der Waals surface area contributed by atoms with E-state index in [0.29, 0.717) is 11.3 Å². The van der Waals surface area contributed by atoms with E-state index < -0.39 is 34.0 Å². The van der Waals surface area contributed by atoms with E-state index in [0.717, 1.165) is 0 Å². The van der Waals surface area contributed by atoms with Crippen molar-refractivity contribution in [3.63, 3.8) is 0 Å². The Morgan fingerprint density at radius 3 is 2.75 bits per heavy atom. The van der Waals surface area contributed by atoms with Crippen LogP contribution in [0, 0.1) is 0 Å². The predicted octanol–water partition coefficient (Wildman–Crippen LogP) is 3.46. The first-order chi connectivity index (χ1) is 13.2. The molecule has 0 saturated heterocycles. The lowest BCUT2D eigenvalue weighted by Crippen LogP contribution is -2.20. The minimum Gasteiger partial charge on any atom is -0.506 e. The molecule has 11 heteroatoms. The quantitative estimate of drug-likeness (QED) is 0.620. The summed E-state index contributed by atoms with van der Waals surface area (Å²) in [5, 5.41) is 10.7. The second kappa shape index (κ2) is 7.50. The Bertz CT molecular complexity index is 1090.